The first-order chi connectivity index (χ1) is 9.24. The van der Waals surface area contributed by atoms with Gasteiger partial charge in [-0.05, 0) is 75.0 Å². The highest BCUT2D eigenvalue weighted by atomic mass is 16.3. The van der Waals surface area contributed by atoms with Gasteiger partial charge in [-0.25, -0.2) is 0 Å². The van der Waals surface area contributed by atoms with Crippen molar-refractivity contribution in [3.63, 3.8) is 0 Å². The second kappa shape index (κ2) is 5.83. The molecule has 0 radical (unpaired) electrons. The summed E-state index contributed by atoms with van der Waals surface area (Å²) in [5.74, 6) is 0.531. The summed E-state index contributed by atoms with van der Waals surface area (Å²) in [6.45, 7) is 11.8. The molecule has 0 aliphatic heterocycles. The van der Waals surface area contributed by atoms with Gasteiger partial charge in [0.2, 0.25) is 0 Å². The van der Waals surface area contributed by atoms with Gasteiger partial charge in [0.05, 0.1) is 6.10 Å². The van der Waals surface area contributed by atoms with Crippen LogP contribution in [0.1, 0.15) is 86.0 Å². The molecule has 2 saturated carbocycles. The quantitative estimate of drug-likeness (QED) is 0.678. The van der Waals surface area contributed by atoms with E-state index in [4.69, 9.17) is 0 Å². The Labute approximate surface area is 125 Å². The molecule has 20 heavy (non-hydrogen) atoms. The zero-order valence-electron chi connectivity index (χ0n) is 14.3. The number of aliphatic hydroxyl groups is 1. The summed E-state index contributed by atoms with van der Waals surface area (Å²) in [5.41, 5.74) is 4.10. The SMILES string of the molecule is C/C(CCCC(C)(C)C)=C1\CCC2C(O)CCCC12C. The van der Waals surface area contributed by atoms with Gasteiger partial charge in [-0.2, -0.15) is 0 Å². The van der Waals surface area contributed by atoms with Crippen molar-refractivity contribution >= 4 is 0 Å². The van der Waals surface area contributed by atoms with Crippen LogP contribution < -0.4 is 0 Å². The molecule has 0 amide bonds. The van der Waals surface area contributed by atoms with Crippen LogP contribution in [0.25, 0.3) is 0 Å². The van der Waals surface area contributed by atoms with Crippen LogP contribution in [-0.4, -0.2) is 11.2 Å². The topological polar surface area (TPSA) is 20.2 Å². The number of allylic oxidation sites excluding steroid dienone is 2. The van der Waals surface area contributed by atoms with E-state index >= 15 is 0 Å². The van der Waals surface area contributed by atoms with Gasteiger partial charge in [-0.3, -0.25) is 0 Å². The van der Waals surface area contributed by atoms with Crippen LogP contribution in [-0.2, 0) is 0 Å². The van der Waals surface area contributed by atoms with Gasteiger partial charge in [0.25, 0.3) is 0 Å². The molecule has 1 nitrogen and oxygen atoms in total. The fraction of sp³-hybridized carbons (Fsp3) is 0.895. The lowest BCUT2D eigenvalue weighted by molar-refractivity contribution is 0.0145. The molecular formula is C19H34O. The van der Waals surface area contributed by atoms with Crippen molar-refractivity contribution in [2.24, 2.45) is 16.7 Å². The molecule has 2 aliphatic carbocycles. The Balaban J connectivity index is 2.05. The zero-order valence-corrected chi connectivity index (χ0v) is 14.3. The van der Waals surface area contributed by atoms with Gasteiger partial charge in [-0.1, -0.05) is 38.8 Å². The van der Waals surface area contributed by atoms with Gasteiger partial charge < -0.3 is 5.11 Å². The van der Waals surface area contributed by atoms with Crippen molar-refractivity contribution in [1.29, 1.82) is 0 Å². The zero-order chi connectivity index (χ0) is 15.0. The summed E-state index contributed by atoms with van der Waals surface area (Å²) in [7, 11) is 0. The third-order valence-corrected chi connectivity index (χ3v) is 5.87. The highest BCUT2D eigenvalue weighted by Crippen LogP contribution is 2.56. The molecule has 2 aliphatic rings. The van der Waals surface area contributed by atoms with Crippen LogP contribution >= 0.6 is 0 Å². The van der Waals surface area contributed by atoms with Gasteiger partial charge in [0.1, 0.15) is 0 Å². The molecule has 0 saturated heterocycles. The maximum atomic E-state index is 10.3. The summed E-state index contributed by atoms with van der Waals surface area (Å²) in [4.78, 5) is 0. The lowest BCUT2D eigenvalue weighted by Gasteiger charge is -2.41. The maximum Gasteiger partial charge on any atom is 0.0576 e. The molecule has 1 N–H and O–H groups in total. The van der Waals surface area contributed by atoms with Crippen LogP contribution in [0.4, 0.5) is 0 Å². The fourth-order valence-corrected chi connectivity index (χ4v) is 4.70. The smallest absolute Gasteiger partial charge is 0.0576 e. The third-order valence-electron chi connectivity index (χ3n) is 5.87. The summed E-state index contributed by atoms with van der Waals surface area (Å²) >= 11 is 0. The van der Waals surface area contributed by atoms with E-state index in [0.717, 1.165) is 6.42 Å². The Bertz CT molecular complexity index is 374. The summed E-state index contributed by atoms with van der Waals surface area (Å²) in [5, 5.41) is 10.3. The van der Waals surface area contributed by atoms with Crippen LogP contribution in [0.15, 0.2) is 11.1 Å². The molecule has 0 bridgehead atoms. The van der Waals surface area contributed by atoms with Crippen molar-refractivity contribution < 1.29 is 5.11 Å². The molecule has 3 atom stereocenters. The van der Waals surface area contributed by atoms with E-state index in [-0.39, 0.29) is 6.10 Å². The van der Waals surface area contributed by atoms with Gasteiger partial charge in [-0.15, -0.1) is 0 Å². The lowest BCUT2D eigenvalue weighted by Crippen LogP contribution is -2.37. The monoisotopic (exact) mass is 278 g/mol. The molecular weight excluding hydrogens is 244 g/mol. The summed E-state index contributed by atoms with van der Waals surface area (Å²) in [6.07, 6.45) is 9.79. The number of rotatable bonds is 3. The van der Waals surface area contributed by atoms with Crippen LogP contribution in [0, 0.1) is 16.7 Å². The normalized spacial score (nSPS) is 36.9. The van der Waals surface area contributed by atoms with Crippen molar-refractivity contribution in [2.75, 3.05) is 0 Å². The van der Waals surface area contributed by atoms with Gasteiger partial charge in [0.15, 0.2) is 0 Å². The Morgan fingerprint density at radius 3 is 2.65 bits per heavy atom. The molecule has 3 unspecified atom stereocenters. The Kier molecular flexibility index (Phi) is 4.69. The molecule has 0 heterocycles. The predicted octanol–water partition coefficient (Wildman–Crippen LogP) is 5.48. The van der Waals surface area contributed by atoms with E-state index in [2.05, 4.69) is 34.6 Å². The number of aliphatic hydroxyl groups excluding tert-OH is 1. The van der Waals surface area contributed by atoms with E-state index in [1.54, 1.807) is 11.1 Å². The average molecular weight is 278 g/mol. The van der Waals surface area contributed by atoms with Crippen molar-refractivity contribution in [2.45, 2.75) is 92.1 Å². The number of hydrogen-bond donors (Lipinski definition) is 1. The third kappa shape index (κ3) is 3.30. The van der Waals surface area contributed by atoms with E-state index < -0.39 is 0 Å². The second-order valence-electron chi connectivity index (χ2n) is 8.70. The van der Waals surface area contributed by atoms with Crippen LogP contribution in [0.5, 0.6) is 0 Å². The second-order valence-corrected chi connectivity index (χ2v) is 8.70. The molecule has 0 aromatic carbocycles. The Hall–Kier alpha value is -0.300. The highest BCUT2D eigenvalue weighted by Gasteiger charge is 2.48. The van der Waals surface area contributed by atoms with E-state index in [1.165, 1.54) is 44.9 Å². The fourth-order valence-electron chi connectivity index (χ4n) is 4.70. The first-order valence-corrected chi connectivity index (χ1v) is 8.61. The van der Waals surface area contributed by atoms with Crippen LogP contribution in [0.3, 0.4) is 0 Å². The average Bonchev–Trinajstić information content (AvgIpc) is 2.66. The largest absolute Gasteiger partial charge is 0.393 e. The number of hydrogen-bond acceptors (Lipinski definition) is 1. The molecule has 2 fully saturated rings. The van der Waals surface area contributed by atoms with Gasteiger partial charge >= 0.3 is 0 Å². The molecule has 2 rings (SSSR count). The minimum Gasteiger partial charge on any atom is -0.393 e. The van der Waals surface area contributed by atoms with Crippen molar-refractivity contribution in [1.82, 2.24) is 0 Å². The first-order valence-electron chi connectivity index (χ1n) is 8.61. The minimum absolute atomic E-state index is 0.0476. The maximum absolute atomic E-state index is 10.3. The summed E-state index contributed by atoms with van der Waals surface area (Å²) in [6, 6.07) is 0. The van der Waals surface area contributed by atoms with Crippen LogP contribution in [0.2, 0.25) is 0 Å². The predicted molar refractivity (Wildman–Crippen MR) is 86.7 cm³/mol. The van der Waals surface area contributed by atoms with E-state index in [1.807, 2.05) is 0 Å². The first kappa shape index (κ1) is 16.1. The molecule has 0 aromatic heterocycles. The molecule has 1 heteroatoms. The lowest BCUT2D eigenvalue weighted by atomic mass is 9.65. The molecule has 0 spiro atoms. The van der Waals surface area contributed by atoms with Crippen molar-refractivity contribution in [3.8, 4) is 0 Å². The summed E-state index contributed by atoms with van der Waals surface area (Å²) < 4.78 is 0. The number of fused-ring (bicyclic) bond motifs is 1. The highest BCUT2D eigenvalue weighted by molar-refractivity contribution is 5.27. The molecule has 0 aromatic rings. The van der Waals surface area contributed by atoms with E-state index in [0.29, 0.717) is 16.7 Å². The Morgan fingerprint density at radius 1 is 1.30 bits per heavy atom. The van der Waals surface area contributed by atoms with E-state index in [9.17, 15) is 5.11 Å². The van der Waals surface area contributed by atoms with Gasteiger partial charge in [0, 0.05) is 0 Å². The van der Waals surface area contributed by atoms with Crippen molar-refractivity contribution in [3.05, 3.63) is 11.1 Å². The standard InChI is InChI=1S/C19H34O/c1-14(8-6-12-18(2,3)4)15-10-11-16-17(20)9-7-13-19(15,16)5/h16-17,20H,6-13H2,1-5H3/b15-14-. The molecule has 116 valence electrons. The Morgan fingerprint density at radius 2 is 2.00 bits per heavy atom. The minimum atomic E-state index is -0.0476.